The standard InChI is InChI=1S/C11H14INO2S/c1-15-11(14)10(13)7-16-6-8-2-4-9(12)5-3-8/h2-5,10H,6-7,13H2,1H3. The molecule has 0 aliphatic carbocycles. The largest absolute Gasteiger partial charge is 0.468 e. The Morgan fingerprint density at radius 1 is 1.50 bits per heavy atom. The lowest BCUT2D eigenvalue weighted by molar-refractivity contribution is -0.141. The molecule has 1 rings (SSSR count). The van der Waals surface area contributed by atoms with Gasteiger partial charge in [-0.05, 0) is 40.3 Å². The normalized spacial score (nSPS) is 12.2. The van der Waals surface area contributed by atoms with E-state index in [0.717, 1.165) is 5.75 Å². The molecule has 0 aliphatic rings. The van der Waals surface area contributed by atoms with Crippen molar-refractivity contribution >= 4 is 40.3 Å². The third kappa shape index (κ3) is 4.71. The topological polar surface area (TPSA) is 52.3 Å². The Morgan fingerprint density at radius 2 is 2.12 bits per heavy atom. The van der Waals surface area contributed by atoms with Crippen molar-refractivity contribution in [2.75, 3.05) is 12.9 Å². The van der Waals surface area contributed by atoms with E-state index in [1.54, 1.807) is 11.8 Å². The fourth-order valence-electron chi connectivity index (χ4n) is 1.10. The van der Waals surface area contributed by atoms with E-state index in [9.17, 15) is 4.79 Å². The van der Waals surface area contributed by atoms with Crippen molar-refractivity contribution < 1.29 is 9.53 Å². The molecule has 1 aromatic rings. The van der Waals surface area contributed by atoms with Gasteiger partial charge in [0.25, 0.3) is 0 Å². The molecule has 0 fully saturated rings. The molecule has 0 heterocycles. The minimum Gasteiger partial charge on any atom is -0.468 e. The molecule has 0 saturated carbocycles. The molecule has 0 amide bonds. The zero-order valence-electron chi connectivity index (χ0n) is 8.98. The van der Waals surface area contributed by atoms with Crippen molar-refractivity contribution in [3.63, 3.8) is 0 Å². The van der Waals surface area contributed by atoms with Gasteiger partial charge in [-0.3, -0.25) is 4.79 Å². The maximum atomic E-state index is 11.0. The summed E-state index contributed by atoms with van der Waals surface area (Å²) < 4.78 is 5.77. The number of ether oxygens (including phenoxy) is 1. The van der Waals surface area contributed by atoms with Crippen LogP contribution in [-0.4, -0.2) is 24.9 Å². The zero-order valence-corrected chi connectivity index (χ0v) is 12.0. The number of rotatable bonds is 5. The lowest BCUT2D eigenvalue weighted by Gasteiger charge is -2.08. The fourth-order valence-corrected chi connectivity index (χ4v) is 2.40. The third-order valence-electron chi connectivity index (χ3n) is 1.98. The molecule has 0 spiro atoms. The number of halogens is 1. The summed E-state index contributed by atoms with van der Waals surface area (Å²) in [5.41, 5.74) is 6.86. The van der Waals surface area contributed by atoms with Crippen molar-refractivity contribution in [1.82, 2.24) is 0 Å². The second kappa shape index (κ2) is 7.13. The van der Waals surface area contributed by atoms with Gasteiger partial charge in [-0.2, -0.15) is 11.8 Å². The van der Waals surface area contributed by atoms with Crippen LogP contribution in [0, 0.1) is 3.57 Å². The summed E-state index contributed by atoms with van der Waals surface area (Å²) >= 11 is 3.91. The first-order valence-corrected chi connectivity index (χ1v) is 7.02. The molecule has 0 aliphatic heterocycles. The van der Waals surface area contributed by atoms with Crippen LogP contribution in [0.1, 0.15) is 5.56 Å². The highest BCUT2D eigenvalue weighted by Gasteiger charge is 2.12. The summed E-state index contributed by atoms with van der Waals surface area (Å²) in [6.07, 6.45) is 0. The van der Waals surface area contributed by atoms with Gasteiger partial charge in [-0.25, -0.2) is 0 Å². The maximum Gasteiger partial charge on any atom is 0.323 e. The fraction of sp³-hybridized carbons (Fsp3) is 0.364. The van der Waals surface area contributed by atoms with Gasteiger partial charge in [0, 0.05) is 15.1 Å². The van der Waals surface area contributed by atoms with Crippen molar-refractivity contribution in [2.24, 2.45) is 5.73 Å². The van der Waals surface area contributed by atoms with E-state index in [2.05, 4.69) is 51.6 Å². The second-order valence-corrected chi connectivity index (χ2v) is 5.55. The lowest BCUT2D eigenvalue weighted by Crippen LogP contribution is -2.33. The number of benzene rings is 1. The highest BCUT2D eigenvalue weighted by molar-refractivity contribution is 14.1. The van der Waals surface area contributed by atoms with E-state index in [1.165, 1.54) is 16.2 Å². The molecule has 0 aromatic heterocycles. The molecule has 88 valence electrons. The number of methoxy groups -OCH3 is 1. The SMILES string of the molecule is COC(=O)C(N)CSCc1ccc(I)cc1. The van der Waals surface area contributed by atoms with Gasteiger partial charge in [0.05, 0.1) is 7.11 Å². The Morgan fingerprint density at radius 3 is 2.69 bits per heavy atom. The maximum absolute atomic E-state index is 11.0. The van der Waals surface area contributed by atoms with E-state index in [-0.39, 0.29) is 5.97 Å². The summed E-state index contributed by atoms with van der Waals surface area (Å²) in [5.74, 6) is 1.09. The van der Waals surface area contributed by atoms with Crippen molar-refractivity contribution in [1.29, 1.82) is 0 Å². The van der Waals surface area contributed by atoms with Gasteiger partial charge in [0.15, 0.2) is 0 Å². The predicted octanol–water partition coefficient (Wildman–Crippen LogP) is 2.02. The molecule has 5 heteroatoms. The van der Waals surface area contributed by atoms with Crippen LogP contribution in [0.2, 0.25) is 0 Å². The van der Waals surface area contributed by atoms with Crippen LogP contribution in [0.25, 0.3) is 0 Å². The summed E-state index contributed by atoms with van der Waals surface area (Å²) in [7, 11) is 1.35. The molecule has 1 unspecified atom stereocenters. The number of hydrogen-bond acceptors (Lipinski definition) is 4. The van der Waals surface area contributed by atoms with E-state index >= 15 is 0 Å². The van der Waals surface area contributed by atoms with Gasteiger partial charge in [-0.1, -0.05) is 12.1 Å². The number of hydrogen-bond donors (Lipinski definition) is 1. The Balaban J connectivity index is 2.30. The monoisotopic (exact) mass is 351 g/mol. The van der Waals surface area contributed by atoms with Crippen LogP contribution in [0.15, 0.2) is 24.3 Å². The van der Waals surface area contributed by atoms with E-state index < -0.39 is 6.04 Å². The smallest absolute Gasteiger partial charge is 0.323 e. The minimum atomic E-state index is -0.529. The van der Waals surface area contributed by atoms with Gasteiger partial charge in [0.1, 0.15) is 6.04 Å². The lowest BCUT2D eigenvalue weighted by atomic mass is 10.2. The molecule has 0 saturated heterocycles. The Bertz CT molecular complexity index is 342. The average Bonchev–Trinajstić information content (AvgIpc) is 2.30. The zero-order chi connectivity index (χ0) is 12.0. The van der Waals surface area contributed by atoms with Crippen LogP contribution in [0.3, 0.4) is 0 Å². The minimum absolute atomic E-state index is 0.352. The number of esters is 1. The van der Waals surface area contributed by atoms with Crippen molar-refractivity contribution in [3.8, 4) is 0 Å². The molecule has 16 heavy (non-hydrogen) atoms. The Labute approximate surface area is 113 Å². The number of carbonyl (C=O) groups excluding carboxylic acids is 1. The van der Waals surface area contributed by atoms with Crippen LogP contribution in [0.4, 0.5) is 0 Å². The van der Waals surface area contributed by atoms with Crippen LogP contribution in [0.5, 0.6) is 0 Å². The molecule has 1 aromatic carbocycles. The average molecular weight is 351 g/mol. The van der Waals surface area contributed by atoms with Crippen molar-refractivity contribution in [3.05, 3.63) is 33.4 Å². The van der Waals surface area contributed by atoms with Gasteiger partial charge < -0.3 is 10.5 Å². The summed E-state index contributed by atoms with van der Waals surface area (Å²) in [6.45, 7) is 0. The molecule has 2 N–H and O–H groups in total. The number of thioether (sulfide) groups is 1. The highest BCUT2D eigenvalue weighted by atomic mass is 127. The van der Waals surface area contributed by atoms with E-state index in [0.29, 0.717) is 5.75 Å². The first-order valence-electron chi connectivity index (χ1n) is 4.79. The first-order chi connectivity index (χ1) is 7.63. The van der Waals surface area contributed by atoms with Crippen LogP contribution < -0.4 is 5.73 Å². The van der Waals surface area contributed by atoms with Gasteiger partial charge in [0.2, 0.25) is 0 Å². The summed E-state index contributed by atoms with van der Waals surface area (Å²) in [5, 5.41) is 0. The third-order valence-corrected chi connectivity index (χ3v) is 3.83. The van der Waals surface area contributed by atoms with E-state index in [4.69, 9.17) is 5.73 Å². The van der Waals surface area contributed by atoms with Crippen LogP contribution >= 0.6 is 34.4 Å². The van der Waals surface area contributed by atoms with Crippen LogP contribution in [-0.2, 0) is 15.3 Å². The summed E-state index contributed by atoms with van der Waals surface area (Å²) in [4.78, 5) is 11.0. The molecule has 1 atom stereocenters. The highest BCUT2D eigenvalue weighted by Crippen LogP contribution is 2.14. The number of carbonyl (C=O) groups is 1. The molecular formula is C11H14INO2S. The van der Waals surface area contributed by atoms with Gasteiger partial charge in [-0.15, -0.1) is 0 Å². The van der Waals surface area contributed by atoms with Gasteiger partial charge >= 0.3 is 5.97 Å². The number of nitrogens with two attached hydrogens (primary N) is 1. The second-order valence-electron chi connectivity index (χ2n) is 3.27. The molecule has 3 nitrogen and oxygen atoms in total. The summed E-state index contributed by atoms with van der Waals surface area (Å²) in [6, 6.07) is 7.77. The predicted molar refractivity (Wildman–Crippen MR) is 75.3 cm³/mol. The molecular weight excluding hydrogens is 337 g/mol. The quantitative estimate of drug-likeness (QED) is 0.652. The Kier molecular flexibility index (Phi) is 6.15. The van der Waals surface area contributed by atoms with E-state index in [1.807, 2.05) is 0 Å². The molecule has 0 radical (unpaired) electrons. The van der Waals surface area contributed by atoms with Crippen molar-refractivity contribution in [2.45, 2.75) is 11.8 Å². The molecule has 0 bridgehead atoms. The Hall–Kier alpha value is -0.270. The first kappa shape index (κ1) is 13.8.